The Morgan fingerprint density at radius 3 is 2.35 bits per heavy atom. The molecular weight excluding hydrogens is 402 g/mol. The predicted molar refractivity (Wildman–Crippen MR) is 133 cm³/mol. The van der Waals surface area contributed by atoms with Gasteiger partial charge in [-0.3, -0.25) is 0 Å². The Morgan fingerprint density at radius 1 is 0.806 bits per heavy atom. The number of benzene rings is 4. The lowest BCUT2D eigenvalue weighted by atomic mass is 10.1. The van der Waals surface area contributed by atoms with Crippen LogP contribution in [0.15, 0.2) is 96.1 Å². The minimum atomic E-state index is 0.721. The van der Waals surface area contributed by atoms with Crippen molar-refractivity contribution < 1.29 is 0 Å². The molecule has 0 saturated carbocycles. The molecule has 0 N–H and O–H groups in total. The molecule has 4 aromatic carbocycles. The van der Waals surface area contributed by atoms with Crippen LogP contribution in [0, 0.1) is 0 Å². The van der Waals surface area contributed by atoms with Gasteiger partial charge in [-0.05, 0) is 54.6 Å². The Labute approximate surface area is 188 Å². The number of halogens is 1. The van der Waals surface area contributed by atoms with E-state index in [0.717, 1.165) is 40.4 Å². The minimum Gasteiger partial charge on any atom is -0.371 e. The zero-order chi connectivity index (χ0) is 21.0. The molecule has 154 valence electrons. The smallest absolute Gasteiger partial charge is 0.0730 e. The van der Waals surface area contributed by atoms with Crippen LogP contribution in [-0.4, -0.2) is 19.3 Å². The van der Waals surface area contributed by atoms with E-state index in [1.54, 1.807) is 0 Å². The second-order valence-corrected chi connectivity index (χ2v) is 8.20. The van der Waals surface area contributed by atoms with Gasteiger partial charge in [-0.1, -0.05) is 66.2 Å². The highest BCUT2D eigenvalue weighted by atomic mass is 35.5. The van der Waals surface area contributed by atoms with Gasteiger partial charge in [-0.2, -0.15) is 5.10 Å². The molecule has 4 aromatic rings. The highest BCUT2D eigenvalue weighted by Gasteiger charge is 2.14. The fraction of sp³-hybridized carbons (Fsp3) is 0.148. The Bertz CT molecular complexity index is 1210. The van der Waals surface area contributed by atoms with E-state index < -0.39 is 0 Å². The van der Waals surface area contributed by atoms with Gasteiger partial charge < -0.3 is 4.90 Å². The molecule has 31 heavy (non-hydrogen) atoms. The number of fused-ring (bicyclic) bond motifs is 1. The predicted octanol–water partition coefficient (Wildman–Crippen LogP) is 7.27. The highest BCUT2D eigenvalue weighted by molar-refractivity contribution is 6.33. The summed E-state index contributed by atoms with van der Waals surface area (Å²) in [7, 11) is 0. The second kappa shape index (κ2) is 8.83. The Hall–Kier alpha value is -3.30. The molecule has 0 radical (unpaired) electrons. The fourth-order valence-corrected chi connectivity index (χ4v) is 4.37. The van der Waals surface area contributed by atoms with Crippen molar-refractivity contribution in [1.29, 1.82) is 0 Å². The summed E-state index contributed by atoms with van der Waals surface area (Å²) in [5.74, 6) is 0. The lowest BCUT2D eigenvalue weighted by Crippen LogP contribution is -2.17. The van der Waals surface area contributed by atoms with Crippen LogP contribution in [0.2, 0.25) is 5.02 Å². The van der Waals surface area contributed by atoms with Crippen molar-refractivity contribution in [3.8, 4) is 0 Å². The van der Waals surface area contributed by atoms with Gasteiger partial charge in [0.2, 0.25) is 0 Å². The van der Waals surface area contributed by atoms with Crippen molar-refractivity contribution in [1.82, 2.24) is 0 Å². The molecule has 1 fully saturated rings. The van der Waals surface area contributed by atoms with Crippen molar-refractivity contribution in [3.05, 3.63) is 102 Å². The first kappa shape index (κ1) is 19.7. The molecule has 0 amide bonds. The number of anilines is 3. The summed E-state index contributed by atoms with van der Waals surface area (Å²) < 4.78 is 0. The molecule has 1 heterocycles. The van der Waals surface area contributed by atoms with E-state index in [2.05, 4.69) is 77.7 Å². The third kappa shape index (κ3) is 4.14. The number of rotatable bonds is 5. The van der Waals surface area contributed by atoms with Gasteiger partial charge in [-0.25, -0.2) is 5.01 Å². The summed E-state index contributed by atoms with van der Waals surface area (Å²) in [5, 5.41) is 9.92. The maximum absolute atomic E-state index is 6.64. The molecule has 0 aromatic heterocycles. The molecule has 1 saturated heterocycles. The standard InChI is InChI=1S/C27H24ClN3/c28-26-19-24(30-17-6-7-18-30)16-15-22(26)20-29-31(23-11-2-1-3-12-23)27-14-8-10-21-9-4-5-13-25(21)27/h1-5,8-16,19-20H,6-7,17-18H2/b29-20+. The molecule has 0 bridgehead atoms. The summed E-state index contributed by atoms with van der Waals surface area (Å²) >= 11 is 6.64. The van der Waals surface area contributed by atoms with Crippen LogP contribution in [-0.2, 0) is 0 Å². The van der Waals surface area contributed by atoms with Crippen molar-refractivity contribution >= 4 is 45.7 Å². The van der Waals surface area contributed by atoms with Crippen LogP contribution in [0.1, 0.15) is 18.4 Å². The third-order valence-electron chi connectivity index (χ3n) is 5.76. The number of hydrogen-bond acceptors (Lipinski definition) is 3. The van der Waals surface area contributed by atoms with Gasteiger partial charge in [-0.15, -0.1) is 0 Å². The van der Waals surface area contributed by atoms with Crippen molar-refractivity contribution in [3.63, 3.8) is 0 Å². The second-order valence-electron chi connectivity index (χ2n) is 7.79. The number of hydrazone groups is 1. The van der Waals surface area contributed by atoms with Crippen molar-refractivity contribution in [2.45, 2.75) is 12.8 Å². The summed E-state index contributed by atoms with van der Waals surface area (Å²) in [6, 6.07) is 31.1. The van der Waals surface area contributed by atoms with Crippen LogP contribution in [0.25, 0.3) is 10.8 Å². The van der Waals surface area contributed by atoms with Crippen LogP contribution in [0.5, 0.6) is 0 Å². The largest absolute Gasteiger partial charge is 0.371 e. The van der Waals surface area contributed by atoms with E-state index in [0.29, 0.717) is 0 Å². The summed E-state index contributed by atoms with van der Waals surface area (Å²) in [4.78, 5) is 2.39. The lowest BCUT2D eigenvalue weighted by molar-refractivity contribution is 0.949. The van der Waals surface area contributed by atoms with Crippen LogP contribution < -0.4 is 9.91 Å². The van der Waals surface area contributed by atoms with Crippen LogP contribution >= 0.6 is 11.6 Å². The molecule has 4 heteroatoms. The molecule has 0 atom stereocenters. The van der Waals surface area contributed by atoms with E-state index in [1.165, 1.54) is 23.9 Å². The quantitative estimate of drug-likeness (QED) is 0.247. The first-order valence-corrected chi connectivity index (χ1v) is 11.1. The molecule has 1 aliphatic heterocycles. The fourth-order valence-electron chi connectivity index (χ4n) is 4.14. The van der Waals surface area contributed by atoms with E-state index in [9.17, 15) is 0 Å². The number of hydrogen-bond donors (Lipinski definition) is 0. The normalized spacial score (nSPS) is 13.9. The van der Waals surface area contributed by atoms with Gasteiger partial charge in [0.1, 0.15) is 0 Å². The maximum atomic E-state index is 6.64. The van der Waals surface area contributed by atoms with Gasteiger partial charge >= 0.3 is 0 Å². The Balaban J connectivity index is 1.53. The Kier molecular flexibility index (Phi) is 5.59. The summed E-state index contributed by atoms with van der Waals surface area (Å²) in [6.45, 7) is 2.21. The topological polar surface area (TPSA) is 18.8 Å². The summed E-state index contributed by atoms with van der Waals surface area (Å²) in [5.41, 5.74) is 4.13. The van der Waals surface area contributed by atoms with Gasteiger partial charge in [0.25, 0.3) is 0 Å². The van der Waals surface area contributed by atoms with Crippen molar-refractivity contribution in [2.75, 3.05) is 23.0 Å². The first-order chi connectivity index (χ1) is 15.3. The maximum Gasteiger partial charge on any atom is 0.0730 e. The van der Waals surface area contributed by atoms with Gasteiger partial charge in [0.15, 0.2) is 0 Å². The van der Waals surface area contributed by atoms with Crippen LogP contribution in [0.3, 0.4) is 0 Å². The van der Waals surface area contributed by atoms with E-state index in [1.807, 2.05) is 29.4 Å². The molecule has 0 spiro atoms. The summed E-state index contributed by atoms with van der Waals surface area (Å²) in [6.07, 6.45) is 4.35. The third-order valence-corrected chi connectivity index (χ3v) is 6.09. The zero-order valence-electron chi connectivity index (χ0n) is 17.3. The van der Waals surface area contributed by atoms with Gasteiger partial charge in [0.05, 0.1) is 22.6 Å². The van der Waals surface area contributed by atoms with Gasteiger partial charge in [0, 0.05) is 29.7 Å². The minimum absolute atomic E-state index is 0.721. The van der Waals surface area contributed by atoms with E-state index in [-0.39, 0.29) is 0 Å². The number of nitrogens with zero attached hydrogens (tertiary/aromatic N) is 3. The van der Waals surface area contributed by atoms with E-state index >= 15 is 0 Å². The van der Waals surface area contributed by atoms with E-state index in [4.69, 9.17) is 16.7 Å². The molecule has 0 aliphatic carbocycles. The van der Waals surface area contributed by atoms with Crippen LogP contribution in [0.4, 0.5) is 17.1 Å². The molecule has 3 nitrogen and oxygen atoms in total. The SMILES string of the molecule is Clc1cc(N2CCCC2)ccc1/C=N/N(c1ccccc1)c1cccc2ccccc12. The lowest BCUT2D eigenvalue weighted by Gasteiger charge is -2.21. The first-order valence-electron chi connectivity index (χ1n) is 10.7. The Morgan fingerprint density at radius 2 is 1.55 bits per heavy atom. The molecule has 5 rings (SSSR count). The average molecular weight is 426 g/mol. The monoisotopic (exact) mass is 425 g/mol. The van der Waals surface area contributed by atoms with Crippen molar-refractivity contribution in [2.24, 2.45) is 5.10 Å². The number of para-hydroxylation sites is 1. The molecule has 0 unspecified atom stereocenters. The molecule has 1 aliphatic rings. The highest BCUT2D eigenvalue weighted by Crippen LogP contribution is 2.33. The zero-order valence-corrected chi connectivity index (χ0v) is 18.0. The molecular formula is C27H24ClN3. The average Bonchev–Trinajstić information content (AvgIpc) is 3.36.